The van der Waals surface area contributed by atoms with Crippen molar-refractivity contribution in [1.29, 1.82) is 0 Å². The minimum atomic E-state index is -4.64. The molecule has 0 aliphatic heterocycles. The molecule has 23 heavy (non-hydrogen) atoms. The second kappa shape index (κ2) is 6.66. The Hall–Kier alpha value is -1.95. The Morgan fingerprint density at radius 2 is 1.91 bits per heavy atom. The molecule has 0 amide bonds. The molecule has 124 valence electrons. The molecule has 0 radical (unpaired) electrons. The van der Waals surface area contributed by atoms with Crippen LogP contribution >= 0.6 is 11.6 Å². The summed E-state index contributed by atoms with van der Waals surface area (Å²) in [6.07, 6.45) is -4.22. The van der Waals surface area contributed by atoms with Crippen molar-refractivity contribution in [2.75, 3.05) is 0 Å². The first-order valence-electron chi connectivity index (χ1n) is 6.72. The minimum Gasteiger partial charge on any atom is -0.508 e. The number of phenols is 1. The topological polar surface area (TPSA) is 29.5 Å². The van der Waals surface area contributed by atoms with Gasteiger partial charge in [0.25, 0.3) is 0 Å². The Labute approximate surface area is 135 Å². The molecule has 0 aliphatic carbocycles. The summed E-state index contributed by atoms with van der Waals surface area (Å²) in [5.41, 5.74) is -1.07. The first kappa shape index (κ1) is 17.4. The average molecular weight is 349 g/mol. The van der Waals surface area contributed by atoms with Crippen molar-refractivity contribution in [3.63, 3.8) is 0 Å². The third-order valence-corrected chi connectivity index (χ3v) is 3.61. The number of aromatic hydroxyl groups is 1. The molecule has 0 aliphatic rings. The van der Waals surface area contributed by atoms with Gasteiger partial charge in [-0.1, -0.05) is 24.6 Å². The van der Waals surface area contributed by atoms with Gasteiger partial charge in [0.2, 0.25) is 0 Å². The van der Waals surface area contributed by atoms with Gasteiger partial charge in [-0.05, 0) is 30.2 Å². The zero-order valence-corrected chi connectivity index (χ0v) is 12.8. The second-order valence-electron chi connectivity index (χ2n) is 4.82. The van der Waals surface area contributed by atoms with E-state index in [9.17, 15) is 22.7 Å². The fraction of sp³-hybridized carbons (Fsp3) is 0.250. The van der Waals surface area contributed by atoms with Gasteiger partial charge in [0.15, 0.2) is 0 Å². The molecule has 7 heteroatoms. The Kier molecular flexibility index (Phi) is 5.04. The molecule has 0 atom stereocenters. The lowest BCUT2D eigenvalue weighted by atomic mass is 10.1. The van der Waals surface area contributed by atoms with Crippen LogP contribution in [0.3, 0.4) is 0 Å². The Bertz CT molecular complexity index is 714. The van der Waals surface area contributed by atoms with Crippen LogP contribution in [0, 0.1) is 5.82 Å². The first-order valence-corrected chi connectivity index (χ1v) is 7.10. The Morgan fingerprint density at radius 1 is 1.22 bits per heavy atom. The van der Waals surface area contributed by atoms with E-state index in [-0.39, 0.29) is 10.8 Å². The molecule has 0 unspecified atom stereocenters. The lowest BCUT2D eigenvalue weighted by Crippen LogP contribution is -2.11. The number of benzene rings is 2. The maximum Gasteiger partial charge on any atom is 0.416 e. The molecule has 0 saturated carbocycles. The van der Waals surface area contributed by atoms with Crippen molar-refractivity contribution in [3.05, 3.63) is 57.9 Å². The number of hydrogen-bond acceptors (Lipinski definition) is 2. The third kappa shape index (κ3) is 3.88. The van der Waals surface area contributed by atoms with Crippen LogP contribution in [0.25, 0.3) is 0 Å². The number of aryl methyl sites for hydroxylation is 1. The predicted octanol–water partition coefficient (Wildman–Crippen LogP) is 5.34. The maximum absolute atomic E-state index is 13.7. The molecule has 0 heterocycles. The highest BCUT2D eigenvalue weighted by atomic mass is 35.5. The predicted molar refractivity (Wildman–Crippen MR) is 78.2 cm³/mol. The van der Waals surface area contributed by atoms with Crippen LogP contribution < -0.4 is 4.74 Å². The minimum absolute atomic E-state index is 0.0854. The highest BCUT2D eigenvalue weighted by Crippen LogP contribution is 2.37. The van der Waals surface area contributed by atoms with Gasteiger partial charge in [0.05, 0.1) is 10.6 Å². The van der Waals surface area contributed by atoms with E-state index in [1.807, 2.05) is 0 Å². The van der Waals surface area contributed by atoms with Crippen LogP contribution in [-0.2, 0) is 19.2 Å². The molecule has 2 aromatic rings. The van der Waals surface area contributed by atoms with Crippen molar-refractivity contribution in [2.24, 2.45) is 0 Å². The summed E-state index contributed by atoms with van der Waals surface area (Å²) in [4.78, 5) is 0. The molecule has 0 spiro atoms. The molecule has 0 bridgehead atoms. The number of hydrogen-bond donors (Lipinski definition) is 1. The zero-order valence-electron chi connectivity index (χ0n) is 12.0. The van der Waals surface area contributed by atoms with Crippen molar-refractivity contribution in [3.8, 4) is 11.5 Å². The average Bonchev–Trinajstić information content (AvgIpc) is 2.47. The summed E-state index contributed by atoms with van der Waals surface area (Å²) >= 11 is 5.94. The second-order valence-corrected chi connectivity index (χ2v) is 5.22. The highest BCUT2D eigenvalue weighted by molar-refractivity contribution is 6.32. The van der Waals surface area contributed by atoms with Crippen molar-refractivity contribution in [1.82, 2.24) is 0 Å². The van der Waals surface area contributed by atoms with E-state index in [1.165, 1.54) is 6.07 Å². The van der Waals surface area contributed by atoms with Crippen LogP contribution in [0.5, 0.6) is 11.5 Å². The molecule has 0 fully saturated rings. The van der Waals surface area contributed by atoms with Crippen molar-refractivity contribution < 1.29 is 27.4 Å². The highest BCUT2D eigenvalue weighted by Gasteiger charge is 2.34. The lowest BCUT2D eigenvalue weighted by molar-refractivity contribution is -0.138. The van der Waals surface area contributed by atoms with E-state index in [1.54, 1.807) is 6.92 Å². The molecule has 2 nitrogen and oxygen atoms in total. The van der Waals surface area contributed by atoms with E-state index < -0.39 is 35.5 Å². The van der Waals surface area contributed by atoms with Gasteiger partial charge in [-0.25, -0.2) is 4.39 Å². The number of phenolic OH excluding ortho intramolecular Hbond substituents is 1. The quantitative estimate of drug-likeness (QED) is 0.755. The largest absolute Gasteiger partial charge is 0.508 e. The maximum atomic E-state index is 13.7. The van der Waals surface area contributed by atoms with E-state index >= 15 is 0 Å². The number of ether oxygens (including phenoxy) is 1. The van der Waals surface area contributed by atoms with Gasteiger partial charge in [-0.15, -0.1) is 0 Å². The monoisotopic (exact) mass is 348 g/mol. The summed E-state index contributed by atoms with van der Waals surface area (Å²) in [6.45, 7) is 1.15. The van der Waals surface area contributed by atoms with Crippen LogP contribution in [0.1, 0.15) is 23.6 Å². The smallest absolute Gasteiger partial charge is 0.416 e. The van der Waals surface area contributed by atoms with Gasteiger partial charge in [-0.2, -0.15) is 13.2 Å². The van der Waals surface area contributed by atoms with E-state index in [0.29, 0.717) is 12.0 Å². The fourth-order valence-electron chi connectivity index (χ4n) is 2.09. The van der Waals surface area contributed by atoms with Gasteiger partial charge >= 0.3 is 6.18 Å². The van der Waals surface area contributed by atoms with Crippen molar-refractivity contribution in [2.45, 2.75) is 26.1 Å². The lowest BCUT2D eigenvalue weighted by Gasteiger charge is -2.16. The van der Waals surface area contributed by atoms with Gasteiger partial charge < -0.3 is 9.84 Å². The van der Waals surface area contributed by atoms with Crippen LogP contribution in [-0.4, -0.2) is 5.11 Å². The summed E-state index contributed by atoms with van der Waals surface area (Å²) < 4.78 is 57.8. The van der Waals surface area contributed by atoms with Crippen LogP contribution in [0.4, 0.5) is 17.6 Å². The van der Waals surface area contributed by atoms with Crippen LogP contribution in [0.2, 0.25) is 5.02 Å². The molecule has 2 aromatic carbocycles. The molecular weight excluding hydrogens is 336 g/mol. The SMILES string of the molecule is CCc1cc(Cl)c(OCc2c(O)cccc2C(F)(F)F)cc1F. The molecule has 1 N–H and O–H groups in total. The van der Waals surface area contributed by atoms with E-state index in [2.05, 4.69) is 0 Å². The normalized spacial score (nSPS) is 11.6. The van der Waals surface area contributed by atoms with E-state index in [0.717, 1.165) is 24.3 Å². The van der Waals surface area contributed by atoms with Crippen LogP contribution in [0.15, 0.2) is 30.3 Å². The Morgan fingerprint density at radius 3 is 2.52 bits per heavy atom. The third-order valence-electron chi connectivity index (χ3n) is 3.31. The first-order chi connectivity index (χ1) is 10.7. The summed E-state index contributed by atoms with van der Waals surface area (Å²) in [6, 6.07) is 5.43. The zero-order chi connectivity index (χ0) is 17.2. The molecule has 0 saturated heterocycles. The van der Waals surface area contributed by atoms with Crippen molar-refractivity contribution >= 4 is 11.6 Å². The molecule has 0 aromatic heterocycles. The number of rotatable bonds is 4. The number of alkyl halides is 3. The molecular formula is C16H13ClF4O2. The molecule has 2 rings (SSSR count). The number of halogens is 5. The van der Waals surface area contributed by atoms with Gasteiger partial charge in [0, 0.05) is 11.6 Å². The van der Waals surface area contributed by atoms with E-state index in [4.69, 9.17) is 16.3 Å². The summed E-state index contributed by atoms with van der Waals surface area (Å²) in [7, 11) is 0. The Balaban J connectivity index is 2.31. The van der Waals surface area contributed by atoms with Gasteiger partial charge in [0.1, 0.15) is 23.9 Å². The summed E-state index contributed by atoms with van der Waals surface area (Å²) in [5, 5.41) is 9.74. The van der Waals surface area contributed by atoms with Gasteiger partial charge in [-0.3, -0.25) is 0 Å². The fourth-order valence-corrected chi connectivity index (χ4v) is 2.33. The standard InChI is InChI=1S/C16H13ClF4O2/c1-2-9-6-12(17)15(7-13(9)18)23-8-10-11(16(19,20)21)4-3-5-14(10)22/h3-7,22H,2,8H2,1H3. The summed E-state index contributed by atoms with van der Waals surface area (Å²) in [5.74, 6) is -1.19.